The number of nitrogens with two attached hydrogens (primary N) is 1. The second-order valence-electron chi connectivity index (χ2n) is 4.95. The van der Waals surface area contributed by atoms with E-state index in [1.54, 1.807) is 0 Å². The van der Waals surface area contributed by atoms with Gasteiger partial charge in [0.05, 0.1) is 0 Å². The van der Waals surface area contributed by atoms with Crippen molar-refractivity contribution >= 4 is 0 Å². The van der Waals surface area contributed by atoms with Gasteiger partial charge in [0, 0.05) is 5.54 Å². The Balaban J connectivity index is 2.22. The van der Waals surface area contributed by atoms with Crippen LogP contribution >= 0.6 is 0 Å². The van der Waals surface area contributed by atoms with E-state index in [2.05, 4.69) is 20.8 Å². The van der Waals surface area contributed by atoms with Crippen LogP contribution < -0.4 is 5.73 Å². The van der Waals surface area contributed by atoms with Gasteiger partial charge in [-0.15, -0.1) is 0 Å². The Morgan fingerprint density at radius 1 is 1.30 bits per heavy atom. The summed E-state index contributed by atoms with van der Waals surface area (Å²) in [7, 11) is 0. The van der Waals surface area contributed by atoms with Crippen LogP contribution in [0.25, 0.3) is 0 Å². The highest BCUT2D eigenvalue weighted by Gasteiger charge is 2.67. The molecule has 0 amide bonds. The van der Waals surface area contributed by atoms with Crippen LogP contribution in [0.5, 0.6) is 0 Å². The highest BCUT2D eigenvalue weighted by molar-refractivity contribution is 5.18. The van der Waals surface area contributed by atoms with Crippen molar-refractivity contribution in [2.45, 2.75) is 39.2 Å². The minimum Gasteiger partial charge on any atom is -0.325 e. The van der Waals surface area contributed by atoms with Gasteiger partial charge in [0.25, 0.3) is 0 Å². The SMILES string of the molecule is CC1(N)CCC2C1C2(C)C. The Morgan fingerprint density at radius 2 is 1.90 bits per heavy atom. The predicted molar refractivity (Wildman–Crippen MR) is 42.6 cm³/mol. The molecule has 1 nitrogen and oxygen atoms in total. The highest BCUT2D eigenvalue weighted by atomic mass is 14.9. The number of hydrogen-bond acceptors (Lipinski definition) is 1. The summed E-state index contributed by atoms with van der Waals surface area (Å²) in [5.41, 5.74) is 6.87. The Morgan fingerprint density at radius 3 is 2.10 bits per heavy atom. The standard InChI is InChI=1S/C9H17N/c1-8(2)6-4-5-9(3,10)7(6)8/h6-7H,4-5,10H2,1-3H3. The Bertz CT molecular complexity index is 170. The lowest BCUT2D eigenvalue weighted by Gasteiger charge is -2.24. The fraction of sp³-hybridized carbons (Fsp3) is 1.00. The molecule has 0 saturated heterocycles. The van der Waals surface area contributed by atoms with Crippen LogP contribution in [0.2, 0.25) is 0 Å². The summed E-state index contributed by atoms with van der Waals surface area (Å²) >= 11 is 0. The summed E-state index contributed by atoms with van der Waals surface area (Å²) < 4.78 is 0. The predicted octanol–water partition coefficient (Wildman–Crippen LogP) is 1.77. The van der Waals surface area contributed by atoms with Gasteiger partial charge in [0.15, 0.2) is 0 Å². The largest absolute Gasteiger partial charge is 0.325 e. The molecule has 2 N–H and O–H groups in total. The number of rotatable bonds is 0. The Kier molecular flexibility index (Phi) is 0.949. The van der Waals surface area contributed by atoms with Crippen molar-refractivity contribution in [1.82, 2.24) is 0 Å². The molecular weight excluding hydrogens is 122 g/mol. The van der Waals surface area contributed by atoms with Crippen LogP contribution in [0.1, 0.15) is 33.6 Å². The summed E-state index contributed by atoms with van der Waals surface area (Å²) in [6.07, 6.45) is 2.61. The van der Waals surface area contributed by atoms with Gasteiger partial charge in [-0.1, -0.05) is 13.8 Å². The van der Waals surface area contributed by atoms with Gasteiger partial charge in [-0.05, 0) is 37.0 Å². The zero-order valence-corrected chi connectivity index (χ0v) is 7.15. The average molecular weight is 139 g/mol. The normalized spacial score (nSPS) is 56.4. The third kappa shape index (κ3) is 0.572. The molecule has 0 aromatic rings. The van der Waals surface area contributed by atoms with E-state index < -0.39 is 0 Å². The molecule has 0 radical (unpaired) electrons. The smallest absolute Gasteiger partial charge is 0.0162 e. The molecule has 2 aliphatic rings. The average Bonchev–Trinajstić information content (AvgIpc) is 2.07. The summed E-state index contributed by atoms with van der Waals surface area (Å²) in [5, 5.41) is 0. The quantitative estimate of drug-likeness (QED) is 0.544. The van der Waals surface area contributed by atoms with Gasteiger partial charge in [-0.2, -0.15) is 0 Å². The minimum atomic E-state index is 0.161. The molecule has 2 aliphatic carbocycles. The monoisotopic (exact) mass is 139 g/mol. The van der Waals surface area contributed by atoms with Gasteiger partial charge in [-0.3, -0.25) is 0 Å². The van der Waals surface area contributed by atoms with Gasteiger partial charge in [0.1, 0.15) is 0 Å². The third-order valence-electron chi connectivity index (χ3n) is 3.75. The molecule has 0 aromatic heterocycles. The topological polar surface area (TPSA) is 26.0 Å². The highest BCUT2D eigenvalue weighted by Crippen LogP contribution is 2.69. The van der Waals surface area contributed by atoms with E-state index in [-0.39, 0.29) is 5.54 Å². The maximum absolute atomic E-state index is 6.14. The first-order chi connectivity index (χ1) is 4.46. The second kappa shape index (κ2) is 1.42. The zero-order chi connectivity index (χ0) is 7.57. The van der Waals surface area contributed by atoms with Gasteiger partial charge >= 0.3 is 0 Å². The lowest BCUT2D eigenvalue weighted by molar-refractivity contribution is 0.335. The maximum atomic E-state index is 6.14. The third-order valence-corrected chi connectivity index (χ3v) is 3.75. The first-order valence-corrected chi connectivity index (χ1v) is 4.25. The molecule has 3 unspecified atom stereocenters. The molecule has 3 atom stereocenters. The van der Waals surface area contributed by atoms with Crippen molar-refractivity contribution in [2.75, 3.05) is 0 Å². The molecule has 0 aromatic carbocycles. The van der Waals surface area contributed by atoms with Crippen LogP contribution in [0.4, 0.5) is 0 Å². The fourth-order valence-electron chi connectivity index (χ4n) is 3.21. The molecular formula is C9H17N. The molecule has 0 heterocycles. The number of hydrogen-bond donors (Lipinski definition) is 1. The number of fused-ring (bicyclic) bond motifs is 1. The van der Waals surface area contributed by atoms with E-state index in [4.69, 9.17) is 5.73 Å². The van der Waals surface area contributed by atoms with E-state index in [0.29, 0.717) is 5.41 Å². The lowest BCUT2D eigenvalue weighted by Crippen LogP contribution is -2.38. The molecule has 10 heavy (non-hydrogen) atoms. The van der Waals surface area contributed by atoms with Gasteiger partial charge in [-0.25, -0.2) is 0 Å². The molecule has 0 spiro atoms. The van der Waals surface area contributed by atoms with E-state index in [0.717, 1.165) is 11.8 Å². The van der Waals surface area contributed by atoms with E-state index in [1.165, 1.54) is 12.8 Å². The van der Waals surface area contributed by atoms with Crippen molar-refractivity contribution in [3.63, 3.8) is 0 Å². The van der Waals surface area contributed by atoms with E-state index >= 15 is 0 Å². The summed E-state index contributed by atoms with van der Waals surface area (Å²) in [4.78, 5) is 0. The van der Waals surface area contributed by atoms with E-state index in [1.807, 2.05) is 0 Å². The van der Waals surface area contributed by atoms with Crippen LogP contribution in [-0.4, -0.2) is 5.54 Å². The summed E-state index contributed by atoms with van der Waals surface area (Å²) in [6, 6.07) is 0. The zero-order valence-electron chi connectivity index (χ0n) is 7.15. The van der Waals surface area contributed by atoms with Crippen molar-refractivity contribution in [2.24, 2.45) is 23.0 Å². The van der Waals surface area contributed by atoms with Crippen LogP contribution in [0, 0.1) is 17.3 Å². The second-order valence-corrected chi connectivity index (χ2v) is 4.95. The molecule has 2 fully saturated rings. The van der Waals surface area contributed by atoms with Crippen LogP contribution in [0.15, 0.2) is 0 Å². The molecule has 2 rings (SSSR count). The van der Waals surface area contributed by atoms with Gasteiger partial charge in [0.2, 0.25) is 0 Å². The molecule has 0 bridgehead atoms. The fourth-order valence-corrected chi connectivity index (χ4v) is 3.21. The summed E-state index contributed by atoms with van der Waals surface area (Å²) in [5.74, 6) is 1.77. The molecule has 2 saturated carbocycles. The van der Waals surface area contributed by atoms with Gasteiger partial charge < -0.3 is 5.73 Å². The minimum absolute atomic E-state index is 0.161. The van der Waals surface area contributed by atoms with Crippen LogP contribution in [-0.2, 0) is 0 Å². The molecule has 58 valence electrons. The first-order valence-electron chi connectivity index (χ1n) is 4.25. The lowest BCUT2D eigenvalue weighted by atomic mass is 9.88. The van der Waals surface area contributed by atoms with E-state index in [9.17, 15) is 0 Å². The first kappa shape index (κ1) is 6.66. The van der Waals surface area contributed by atoms with Crippen molar-refractivity contribution < 1.29 is 0 Å². The maximum Gasteiger partial charge on any atom is 0.0162 e. The summed E-state index contributed by atoms with van der Waals surface area (Å²) in [6.45, 7) is 6.92. The molecule has 1 heteroatoms. The van der Waals surface area contributed by atoms with Crippen LogP contribution in [0.3, 0.4) is 0 Å². The Hall–Kier alpha value is -0.0400. The van der Waals surface area contributed by atoms with Crippen molar-refractivity contribution in [3.05, 3.63) is 0 Å². The van der Waals surface area contributed by atoms with Crippen molar-refractivity contribution in [1.29, 1.82) is 0 Å². The Labute approximate surface area is 63.0 Å². The van der Waals surface area contributed by atoms with Crippen molar-refractivity contribution in [3.8, 4) is 0 Å². The molecule has 0 aliphatic heterocycles.